The summed E-state index contributed by atoms with van der Waals surface area (Å²) in [4.78, 5) is 31.6. The van der Waals surface area contributed by atoms with Crippen molar-refractivity contribution in [3.8, 4) is 11.1 Å². The number of amides is 2. The molecule has 4 aromatic carbocycles. The van der Waals surface area contributed by atoms with Crippen LogP contribution in [-0.2, 0) is 0 Å². The number of anilines is 3. The molecule has 0 aliphatic carbocycles. The number of hydrogen-bond acceptors (Lipinski definition) is 4. The van der Waals surface area contributed by atoms with E-state index in [2.05, 4.69) is 73.6 Å². The van der Waals surface area contributed by atoms with Crippen LogP contribution < -0.4 is 20.4 Å². The summed E-state index contributed by atoms with van der Waals surface area (Å²) < 4.78 is 0. The van der Waals surface area contributed by atoms with Gasteiger partial charge in [-0.2, -0.15) is 0 Å². The maximum Gasteiger partial charge on any atom is 0.258 e. The van der Waals surface area contributed by atoms with Gasteiger partial charge in [0.1, 0.15) is 0 Å². The Morgan fingerprint density at radius 3 is 2.14 bits per heavy atom. The minimum atomic E-state index is -0.182. The first-order valence-corrected chi connectivity index (χ1v) is 15.3. The maximum absolute atomic E-state index is 13.8. The first kappa shape index (κ1) is 28.7. The number of nitrogens with zero attached hydrogens (tertiary/aromatic N) is 2. The lowest BCUT2D eigenvalue weighted by molar-refractivity contribution is 0.0983. The molecule has 1 unspecified atom stereocenters. The van der Waals surface area contributed by atoms with Crippen LogP contribution in [0, 0.1) is 0 Å². The molecule has 2 N–H and O–H groups in total. The van der Waals surface area contributed by atoms with Gasteiger partial charge in [0.15, 0.2) is 0 Å². The lowest BCUT2D eigenvalue weighted by Gasteiger charge is -2.40. The first-order chi connectivity index (χ1) is 20.8. The molecule has 0 aromatic heterocycles. The molecule has 1 fully saturated rings. The van der Waals surface area contributed by atoms with Crippen molar-refractivity contribution in [1.82, 2.24) is 5.32 Å². The van der Waals surface area contributed by atoms with Gasteiger partial charge in [0, 0.05) is 48.0 Å². The molecule has 0 radical (unpaired) electrons. The number of nitrogens with one attached hydrogen (secondary N) is 2. The van der Waals surface area contributed by atoms with Crippen molar-refractivity contribution in [2.45, 2.75) is 58.2 Å². The van der Waals surface area contributed by atoms with Gasteiger partial charge in [-0.3, -0.25) is 9.59 Å². The van der Waals surface area contributed by atoms with Gasteiger partial charge in [-0.15, -0.1) is 0 Å². The van der Waals surface area contributed by atoms with Crippen LogP contribution in [0.25, 0.3) is 11.1 Å². The van der Waals surface area contributed by atoms with Crippen molar-refractivity contribution in [2.75, 3.05) is 28.2 Å². The number of benzene rings is 4. The van der Waals surface area contributed by atoms with E-state index in [0.29, 0.717) is 41.4 Å². The highest BCUT2D eigenvalue weighted by molar-refractivity contribution is 6.10. The van der Waals surface area contributed by atoms with Crippen LogP contribution >= 0.6 is 0 Å². The summed E-state index contributed by atoms with van der Waals surface area (Å²) in [5.74, 6) is 0.239. The predicted octanol–water partition coefficient (Wildman–Crippen LogP) is 7.34. The second-order valence-electron chi connectivity index (χ2n) is 12.3. The van der Waals surface area contributed by atoms with Gasteiger partial charge in [0.2, 0.25) is 0 Å². The number of hydrogen-bond donors (Lipinski definition) is 2. The molecule has 1 saturated heterocycles. The quantitative estimate of drug-likeness (QED) is 0.243. The molecule has 4 aromatic rings. The molecule has 2 aliphatic heterocycles. The Bertz CT molecular complexity index is 1610. The minimum Gasteiger partial charge on any atom is -0.363 e. The summed E-state index contributed by atoms with van der Waals surface area (Å²) in [6.45, 7) is 10.3. The summed E-state index contributed by atoms with van der Waals surface area (Å²) in [6, 6.07) is 32.6. The Kier molecular flexibility index (Phi) is 8.04. The molecule has 220 valence electrons. The van der Waals surface area contributed by atoms with E-state index in [1.54, 1.807) is 12.1 Å². The van der Waals surface area contributed by atoms with E-state index in [0.717, 1.165) is 35.5 Å². The Labute approximate surface area is 254 Å². The molecule has 0 spiro atoms. The zero-order chi connectivity index (χ0) is 30.1. The van der Waals surface area contributed by atoms with Gasteiger partial charge in [-0.05, 0) is 71.5 Å². The fourth-order valence-electron chi connectivity index (χ4n) is 6.44. The topological polar surface area (TPSA) is 64.7 Å². The lowest BCUT2D eigenvalue weighted by Crippen LogP contribution is -2.48. The third-order valence-corrected chi connectivity index (χ3v) is 8.55. The first-order valence-electron chi connectivity index (χ1n) is 15.3. The highest BCUT2D eigenvalue weighted by Crippen LogP contribution is 2.40. The molecule has 2 amide bonds. The molecular formula is C37H40N4O2. The van der Waals surface area contributed by atoms with Crippen molar-refractivity contribution in [3.05, 3.63) is 114 Å². The lowest BCUT2D eigenvalue weighted by atomic mass is 9.95. The van der Waals surface area contributed by atoms with Gasteiger partial charge in [0.25, 0.3) is 11.8 Å². The third kappa shape index (κ3) is 5.93. The molecule has 6 nitrogen and oxygen atoms in total. The van der Waals surface area contributed by atoms with Crippen LogP contribution in [0.15, 0.2) is 97.1 Å². The highest BCUT2D eigenvalue weighted by atomic mass is 16.2. The summed E-state index contributed by atoms with van der Waals surface area (Å²) in [7, 11) is 0. The van der Waals surface area contributed by atoms with Gasteiger partial charge in [0.05, 0.1) is 11.4 Å². The predicted molar refractivity (Wildman–Crippen MR) is 176 cm³/mol. The van der Waals surface area contributed by atoms with Crippen molar-refractivity contribution < 1.29 is 9.59 Å². The second kappa shape index (κ2) is 12.1. The van der Waals surface area contributed by atoms with Gasteiger partial charge >= 0.3 is 0 Å². The summed E-state index contributed by atoms with van der Waals surface area (Å²) in [5.41, 5.74) is 7.07. The number of fused-ring (bicyclic) bond motifs is 3. The molecule has 0 saturated carbocycles. The van der Waals surface area contributed by atoms with E-state index in [4.69, 9.17) is 0 Å². The van der Waals surface area contributed by atoms with Crippen LogP contribution in [0.1, 0.15) is 66.3 Å². The fraction of sp³-hybridized carbons (Fsp3) is 0.297. The molecule has 2 atom stereocenters. The maximum atomic E-state index is 13.8. The average molecular weight is 573 g/mol. The highest BCUT2D eigenvalue weighted by Gasteiger charge is 2.40. The van der Waals surface area contributed by atoms with E-state index < -0.39 is 0 Å². The Morgan fingerprint density at radius 1 is 0.767 bits per heavy atom. The van der Waals surface area contributed by atoms with E-state index in [-0.39, 0.29) is 17.9 Å². The number of para-hydroxylation sites is 2. The SMILES string of the molecule is CC(C)NC1C[C@H]2CN(C(=O)c3ccc(NC(=O)c4ccccc4-c4ccc(C(C)C)cc4)cc3)c3ccccc3N2C1. The monoisotopic (exact) mass is 572 g/mol. The molecule has 2 aliphatic rings. The zero-order valence-corrected chi connectivity index (χ0v) is 25.4. The van der Waals surface area contributed by atoms with Crippen molar-refractivity contribution >= 4 is 28.9 Å². The van der Waals surface area contributed by atoms with Crippen LogP contribution in [0.5, 0.6) is 0 Å². The Hall–Kier alpha value is -4.42. The van der Waals surface area contributed by atoms with Gasteiger partial charge in [-0.25, -0.2) is 0 Å². The van der Waals surface area contributed by atoms with Gasteiger partial charge < -0.3 is 20.4 Å². The second-order valence-corrected chi connectivity index (χ2v) is 12.3. The average Bonchev–Trinajstić information content (AvgIpc) is 3.42. The van der Waals surface area contributed by atoms with Gasteiger partial charge in [-0.1, -0.05) is 82.3 Å². The molecule has 2 heterocycles. The van der Waals surface area contributed by atoms with Crippen molar-refractivity contribution in [3.63, 3.8) is 0 Å². The zero-order valence-electron chi connectivity index (χ0n) is 25.4. The van der Waals surface area contributed by atoms with Crippen LogP contribution in [0.2, 0.25) is 0 Å². The largest absolute Gasteiger partial charge is 0.363 e. The smallest absolute Gasteiger partial charge is 0.258 e. The van der Waals surface area contributed by atoms with E-state index in [9.17, 15) is 9.59 Å². The molecule has 6 rings (SSSR count). The van der Waals surface area contributed by atoms with E-state index >= 15 is 0 Å². The summed E-state index contributed by atoms with van der Waals surface area (Å²) in [6.07, 6.45) is 1.00. The van der Waals surface area contributed by atoms with Crippen molar-refractivity contribution in [2.24, 2.45) is 0 Å². The standard InChI is InChI=1S/C37H40N4O2/c1-24(2)26-13-15-27(16-14-26)32-9-5-6-10-33(32)36(42)39-29-19-17-28(18-20-29)37(43)41-23-31-21-30(38-25(3)4)22-40(31)34-11-7-8-12-35(34)41/h5-20,24-25,30-31,38H,21-23H2,1-4H3,(H,39,42)/t30?,31-/m0/s1. The summed E-state index contributed by atoms with van der Waals surface area (Å²) in [5, 5.41) is 6.71. The fourth-order valence-corrected chi connectivity index (χ4v) is 6.44. The number of carbonyl (C=O) groups is 2. The van der Waals surface area contributed by atoms with Crippen LogP contribution in [0.3, 0.4) is 0 Å². The van der Waals surface area contributed by atoms with Crippen LogP contribution in [0.4, 0.5) is 17.1 Å². The molecular weight excluding hydrogens is 532 g/mol. The van der Waals surface area contributed by atoms with Crippen LogP contribution in [-0.4, -0.2) is 43.0 Å². The molecule has 6 heteroatoms. The third-order valence-electron chi connectivity index (χ3n) is 8.55. The van der Waals surface area contributed by atoms with E-state index in [1.807, 2.05) is 59.5 Å². The normalized spacial score (nSPS) is 17.6. The van der Waals surface area contributed by atoms with Crippen molar-refractivity contribution in [1.29, 1.82) is 0 Å². The number of carbonyl (C=O) groups excluding carboxylic acids is 2. The van der Waals surface area contributed by atoms with E-state index in [1.165, 1.54) is 5.56 Å². The minimum absolute atomic E-state index is 0.0274. The number of rotatable bonds is 7. The Balaban J connectivity index is 1.18. The molecule has 0 bridgehead atoms. The molecule has 43 heavy (non-hydrogen) atoms. The summed E-state index contributed by atoms with van der Waals surface area (Å²) >= 11 is 0. The Morgan fingerprint density at radius 2 is 1.44 bits per heavy atom.